The fourth-order valence-electron chi connectivity index (χ4n) is 2.77. The Morgan fingerprint density at radius 1 is 1.32 bits per heavy atom. The summed E-state index contributed by atoms with van der Waals surface area (Å²) in [4.78, 5) is 12.3. The van der Waals surface area contributed by atoms with Gasteiger partial charge in [-0.15, -0.1) is 10.2 Å². The molecule has 3 rings (SSSR count). The first kappa shape index (κ1) is 18.1. The zero-order valence-corrected chi connectivity index (χ0v) is 15.6. The van der Waals surface area contributed by atoms with Gasteiger partial charge in [0.1, 0.15) is 5.82 Å². The smallest absolute Gasteiger partial charge is 0.233 e. The van der Waals surface area contributed by atoms with Crippen LogP contribution in [-0.4, -0.2) is 27.4 Å². The molecule has 1 amide bonds. The van der Waals surface area contributed by atoms with Crippen LogP contribution in [0.5, 0.6) is 0 Å². The molecule has 2 N–H and O–H groups in total. The fraction of sp³-hybridized carbons (Fsp3) is 0.471. The van der Waals surface area contributed by atoms with Gasteiger partial charge in [0.25, 0.3) is 0 Å². The third-order valence-electron chi connectivity index (χ3n) is 4.08. The molecule has 1 fully saturated rings. The van der Waals surface area contributed by atoms with E-state index in [0.717, 1.165) is 12.8 Å². The number of carbonyl (C=O) groups is 1. The molecule has 0 spiro atoms. The van der Waals surface area contributed by atoms with E-state index in [1.807, 2.05) is 6.92 Å². The van der Waals surface area contributed by atoms with Crippen LogP contribution in [0, 0.1) is 5.82 Å². The minimum absolute atomic E-state index is 0.0479. The van der Waals surface area contributed by atoms with E-state index in [1.54, 1.807) is 12.1 Å². The Bertz CT molecular complexity index is 718. The number of benzene rings is 1. The van der Waals surface area contributed by atoms with Crippen LogP contribution in [0.2, 0.25) is 0 Å². The molecule has 0 unspecified atom stereocenters. The summed E-state index contributed by atoms with van der Waals surface area (Å²) < 4.78 is 13.9. The highest BCUT2D eigenvalue weighted by atomic mass is 32.2. The maximum absolute atomic E-state index is 13.2. The van der Waals surface area contributed by atoms with Crippen LogP contribution in [0.15, 0.2) is 28.6 Å². The Morgan fingerprint density at radius 3 is 2.88 bits per heavy atom. The van der Waals surface area contributed by atoms with E-state index in [1.165, 1.54) is 54.5 Å². The number of amides is 1. The predicted molar refractivity (Wildman–Crippen MR) is 99.9 cm³/mol. The van der Waals surface area contributed by atoms with Crippen LogP contribution in [0.25, 0.3) is 0 Å². The molecule has 134 valence electrons. The van der Waals surface area contributed by atoms with E-state index in [0.29, 0.717) is 21.2 Å². The first-order chi connectivity index (χ1) is 12.1. The number of anilines is 2. The Balaban J connectivity index is 1.52. The average Bonchev–Trinajstić information content (AvgIpc) is 3.02. The molecule has 1 aliphatic carbocycles. The molecule has 1 saturated carbocycles. The molecule has 1 heterocycles. The fourth-order valence-corrected chi connectivity index (χ4v) is 4.69. The second kappa shape index (κ2) is 8.62. The summed E-state index contributed by atoms with van der Waals surface area (Å²) in [5.74, 6) is -0.260. The van der Waals surface area contributed by atoms with E-state index in [9.17, 15) is 9.18 Å². The maximum Gasteiger partial charge on any atom is 0.233 e. The molecule has 0 bridgehead atoms. The van der Waals surface area contributed by atoms with E-state index in [2.05, 4.69) is 20.8 Å². The highest BCUT2D eigenvalue weighted by Crippen LogP contribution is 2.30. The predicted octanol–water partition coefficient (Wildman–Crippen LogP) is 4.35. The van der Waals surface area contributed by atoms with Crippen LogP contribution in [0.4, 0.5) is 15.2 Å². The van der Waals surface area contributed by atoms with Crippen molar-refractivity contribution >= 4 is 39.8 Å². The topological polar surface area (TPSA) is 66.9 Å². The molecule has 1 atom stereocenters. The number of nitrogens with zero attached hydrogens (tertiary/aromatic N) is 2. The highest BCUT2D eigenvalue weighted by molar-refractivity contribution is 8.02. The lowest BCUT2D eigenvalue weighted by atomic mass is 9.95. The summed E-state index contributed by atoms with van der Waals surface area (Å²) in [6, 6.07) is 6.49. The van der Waals surface area contributed by atoms with Crippen molar-refractivity contribution in [2.75, 3.05) is 5.32 Å². The quantitative estimate of drug-likeness (QED) is 0.729. The van der Waals surface area contributed by atoms with Crippen molar-refractivity contribution in [3.8, 4) is 0 Å². The summed E-state index contributed by atoms with van der Waals surface area (Å²) in [5.41, 5.74) is 0.621. The van der Waals surface area contributed by atoms with Crippen LogP contribution >= 0.6 is 23.1 Å². The summed E-state index contributed by atoms with van der Waals surface area (Å²) in [5, 5.41) is 14.7. The standard InChI is InChI=1S/C17H21FN4OS2/c1-11(15(23)19-13-7-3-2-4-8-13)24-17-22-21-16(25-17)20-14-9-5-6-12(18)10-14/h5-6,9-11,13H,2-4,7-8H2,1H3,(H,19,23)(H,20,21)/t11-/m1/s1. The SMILES string of the molecule is C[C@@H](Sc1nnc(Nc2cccc(F)c2)s1)C(=O)NC1CCCCC1. The second-order valence-electron chi connectivity index (χ2n) is 6.11. The number of thioether (sulfide) groups is 1. The Morgan fingerprint density at radius 2 is 2.12 bits per heavy atom. The van der Waals surface area contributed by atoms with E-state index < -0.39 is 0 Å². The molecular weight excluding hydrogens is 359 g/mol. The van der Waals surface area contributed by atoms with Crippen molar-refractivity contribution in [2.45, 2.75) is 54.7 Å². The van der Waals surface area contributed by atoms with E-state index in [4.69, 9.17) is 0 Å². The van der Waals surface area contributed by atoms with Crippen molar-refractivity contribution in [3.05, 3.63) is 30.1 Å². The van der Waals surface area contributed by atoms with Gasteiger partial charge in [-0.1, -0.05) is 48.4 Å². The molecular formula is C17H21FN4OS2. The monoisotopic (exact) mass is 380 g/mol. The average molecular weight is 381 g/mol. The Kier molecular flexibility index (Phi) is 6.25. The van der Waals surface area contributed by atoms with Crippen molar-refractivity contribution in [3.63, 3.8) is 0 Å². The number of nitrogens with one attached hydrogen (secondary N) is 2. The molecule has 5 nitrogen and oxygen atoms in total. The molecule has 2 aromatic rings. The molecule has 25 heavy (non-hydrogen) atoms. The van der Waals surface area contributed by atoms with Crippen LogP contribution in [0.1, 0.15) is 39.0 Å². The normalized spacial score (nSPS) is 16.4. The van der Waals surface area contributed by atoms with Crippen molar-refractivity contribution in [1.82, 2.24) is 15.5 Å². The van der Waals surface area contributed by atoms with Gasteiger partial charge >= 0.3 is 0 Å². The minimum Gasteiger partial charge on any atom is -0.352 e. The van der Waals surface area contributed by atoms with Crippen LogP contribution in [-0.2, 0) is 4.79 Å². The lowest BCUT2D eigenvalue weighted by molar-refractivity contribution is -0.121. The molecule has 0 aliphatic heterocycles. The third kappa shape index (κ3) is 5.40. The number of hydrogen-bond donors (Lipinski definition) is 2. The first-order valence-electron chi connectivity index (χ1n) is 8.43. The number of rotatable bonds is 6. The summed E-state index contributed by atoms with van der Waals surface area (Å²) >= 11 is 2.75. The van der Waals surface area contributed by atoms with E-state index >= 15 is 0 Å². The molecule has 1 aromatic heterocycles. The van der Waals surface area contributed by atoms with Gasteiger partial charge in [-0.25, -0.2) is 4.39 Å². The van der Waals surface area contributed by atoms with Gasteiger partial charge < -0.3 is 10.6 Å². The lowest BCUT2D eigenvalue weighted by Crippen LogP contribution is -2.40. The largest absolute Gasteiger partial charge is 0.352 e. The van der Waals surface area contributed by atoms with Gasteiger partial charge in [-0.05, 0) is 38.0 Å². The zero-order valence-electron chi connectivity index (χ0n) is 14.0. The zero-order chi connectivity index (χ0) is 17.6. The maximum atomic E-state index is 13.2. The molecule has 8 heteroatoms. The van der Waals surface area contributed by atoms with Gasteiger partial charge in [-0.3, -0.25) is 4.79 Å². The van der Waals surface area contributed by atoms with Gasteiger partial charge in [0, 0.05) is 11.7 Å². The Hall–Kier alpha value is -1.67. The minimum atomic E-state index is -0.308. The number of hydrogen-bond acceptors (Lipinski definition) is 6. The molecule has 0 saturated heterocycles. The second-order valence-corrected chi connectivity index (χ2v) is 8.68. The highest BCUT2D eigenvalue weighted by Gasteiger charge is 2.21. The van der Waals surface area contributed by atoms with Crippen molar-refractivity contribution < 1.29 is 9.18 Å². The van der Waals surface area contributed by atoms with Gasteiger partial charge in [0.2, 0.25) is 11.0 Å². The van der Waals surface area contributed by atoms with Crippen LogP contribution in [0.3, 0.4) is 0 Å². The number of halogens is 1. The lowest BCUT2D eigenvalue weighted by Gasteiger charge is -2.24. The van der Waals surface area contributed by atoms with Crippen molar-refractivity contribution in [1.29, 1.82) is 0 Å². The van der Waals surface area contributed by atoms with Gasteiger partial charge in [0.15, 0.2) is 4.34 Å². The summed E-state index contributed by atoms with van der Waals surface area (Å²) in [7, 11) is 0. The van der Waals surface area contributed by atoms with Crippen LogP contribution < -0.4 is 10.6 Å². The summed E-state index contributed by atoms with van der Waals surface area (Å²) in [6.45, 7) is 1.88. The van der Waals surface area contributed by atoms with Gasteiger partial charge in [0.05, 0.1) is 5.25 Å². The summed E-state index contributed by atoms with van der Waals surface area (Å²) in [6.07, 6.45) is 5.80. The number of carbonyl (C=O) groups excluding carboxylic acids is 1. The Labute approximate surface area is 154 Å². The molecule has 1 aliphatic rings. The van der Waals surface area contributed by atoms with E-state index in [-0.39, 0.29) is 17.0 Å². The van der Waals surface area contributed by atoms with Gasteiger partial charge in [-0.2, -0.15) is 0 Å². The molecule has 1 aromatic carbocycles. The number of aromatic nitrogens is 2. The molecule has 0 radical (unpaired) electrons. The third-order valence-corrected chi connectivity index (χ3v) is 6.10. The first-order valence-corrected chi connectivity index (χ1v) is 10.1. The van der Waals surface area contributed by atoms with Crippen molar-refractivity contribution in [2.24, 2.45) is 0 Å².